The predicted molar refractivity (Wildman–Crippen MR) is 57.7 cm³/mol. The molecule has 1 aromatic heterocycles. The Morgan fingerprint density at radius 3 is 2.59 bits per heavy atom. The maximum absolute atomic E-state index is 12.4. The molecule has 1 aromatic carbocycles. The molecule has 0 radical (unpaired) electrons. The molecule has 0 atom stereocenters. The predicted octanol–water partition coefficient (Wildman–Crippen LogP) is 2.78. The number of nitrogen functional groups attached to an aromatic ring is 1. The lowest BCUT2D eigenvalue weighted by molar-refractivity contribution is -0.137. The van der Waals surface area contributed by atoms with Crippen molar-refractivity contribution < 1.29 is 13.2 Å². The summed E-state index contributed by atoms with van der Waals surface area (Å²) < 4.78 is 38.4. The molecule has 2 aromatic rings. The second kappa shape index (κ2) is 3.80. The normalized spacial score (nSPS) is 11.8. The van der Waals surface area contributed by atoms with Crippen molar-refractivity contribution in [3.05, 3.63) is 41.7 Å². The third kappa shape index (κ3) is 2.11. The third-order valence-corrected chi connectivity index (χ3v) is 2.46. The average molecular weight is 241 g/mol. The number of hydrogen-bond donors (Lipinski definition) is 1. The molecular weight excluding hydrogens is 231 g/mol. The molecule has 2 rings (SSSR count). The van der Waals surface area contributed by atoms with Crippen LogP contribution in [0.2, 0.25) is 0 Å². The highest BCUT2D eigenvalue weighted by atomic mass is 19.4. The summed E-state index contributed by atoms with van der Waals surface area (Å²) in [5.41, 5.74) is 6.66. The van der Waals surface area contributed by atoms with Gasteiger partial charge in [-0.2, -0.15) is 18.3 Å². The summed E-state index contributed by atoms with van der Waals surface area (Å²) in [5, 5.41) is 3.67. The van der Waals surface area contributed by atoms with Crippen LogP contribution in [-0.4, -0.2) is 9.78 Å². The second-order valence-corrected chi connectivity index (χ2v) is 3.68. The summed E-state index contributed by atoms with van der Waals surface area (Å²) in [6, 6.07) is 5.12. The molecule has 1 heterocycles. The van der Waals surface area contributed by atoms with Gasteiger partial charge in [0.05, 0.1) is 23.1 Å². The first kappa shape index (κ1) is 11.5. The van der Waals surface area contributed by atoms with Gasteiger partial charge in [0.25, 0.3) is 0 Å². The van der Waals surface area contributed by atoms with E-state index in [1.165, 1.54) is 0 Å². The minimum absolute atomic E-state index is 0.421. The van der Waals surface area contributed by atoms with Crippen LogP contribution in [0.3, 0.4) is 0 Å². The van der Waals surface area contributed by atoms with Crippen molar-refractivity contribution in [2.75, 3.05) is 5.73 Å². The van der Waals surface area contributed by atoms with E-state index >= 15 is 0 Å². The lowest BCUT2D eigenvalue weighted by Gasteiger charge is -2.07. The van der Waals surface area contributed by atoms with Gasteiger partial charge < -0.3 is 5.73 Å². The Balaban J connectivity index is 2.48. The Hall–Kier alpha value is -1.98. The molecule has 0 aliphatic carbocycles. The van der Waals surface area contributed by atoms with Gasteiger partial charge in [0.15, 0.2) is 0 Å². The topological polar surface area (TPSA) is 43.8 Å². The van der Waals surface area contributed by atoms with Crippen LogP contribution in [0.1, 0.15) is 11.1 Å². The molecule has 0 saturated carbocycles. The van der Waals surface area contributed by atoms with E-state index in [2.05, 4.69) is 5.10 Å². The number of benzene rings is 1. The number of nitrogens with zero attached hydrogens (tertiary/aromatic N) is 2. The first-order chi connectivity index (χ1) is 7.89. The lowest BCUT2D eigenvalue weighted by Crippen LogP contribution is -2.04. The van der Waals surface area contributed by atoms with Crippen molar-refractivity contribution in [3.8, 4) is 5.69 Å². The fraction of sp³-hybridized carbons (Fsp3) is 0.182. The van der Waals surface area contributed by atoms with Gasteiger partial charge >= 0.3 is 6.18 Å². The van der Waals surface area contributed by atoms with Crippen molar-refractivity contribution in [1.29, 1.82) is 0 Å². The Labute approximate surface area is 95.7 Å². The molecule has 0 spiro atoms. The van der Waals surface area contributed by atoms with Gasteiger partial charge in [-0.05, 0) is 18.6 Å². The number of aromatic nitrogens is 2. The molecular formula is C11H10F3N3. The van der Waals surface area contributed by atoms with E-state index in [4.69, 9.17) is 5.73 Å². The Morgan fingerprint density at radius 1 is 1.29 bits per heavy atom. The number of halogens is 3. The second-order valence-electron chi connectivity index (χ2n) is 3.68. The molecule has 0 bridgehead atoms. The molecule has 0 aliphatic rings. The maximum atomic E-state index is 12.4. The third-order valence-electron chi connectivity index (χ3n) is 2.46. The quantitative estimate of drug-likeness (QED) is 0.780. The molecule has 2 N–H and O–H groups in total. The van der Waals surface area contributed by atoms with Crippen LogP contribution in [-0.2, 0) is 6.18 Å². The summed E-state index contributed by atoms with van der Waals surface area (Å²) in [6.07, 6.45) is -2.69. The first-order valence-corrected chi connectivity index (χ1v) is 4.87. The van der Waals surface area contributed by atoms with Gasteiger partial charge in [0.2, 0.25) is 0 Å². The summed E-state index contributed by atoms with van der Waals surface area (Å²) in [6.45, 7) is 1.78. The van der Waals surface area contributed by atoms with Crippen LogP contribution in [0.15, 0.2) is 30.6 Å². The van der Waals surface area contributed by atoms with Crippen molar-refractivity contribution in [2.24, 2.45) is 0 Å². The fourth-order valence-electron chi connectivity index (χ4n) is 1.47. The largest absolute Gasteiger partial charge is 0.419 e. The number of nitrogens with two attached hydrogens (primary N) is 1. The smallest absolute Gasteiger partial charge is 0.397 e. The van der Waals surface area contributed by atoms with Gasteiger partial charge in [-0.1, -0.05) is 12.1 Å². The Bertz CT molecular complexity index is 543. The molecule has 0 unspecified atom stereocenters. The minimum Gasteiger partial charge on any atom is -0.397 e. The highest BCUT2D eigenvalue weighted by Crippen LogP contribution is 2.30. The highest BCUT2D eigenvalue weighted by molar-refractivity contribution is 5.62. The summed E-state index contributed by atoms with van der Waals surface area (Å²) >= 11 is 0. The van der Waals surface area contributed by atoms with Crippen LogP contribution in [0.5, 0.6) is 0 Å². The van der Waals surface area contributed by atoms with Crippen LogP contribution in [0.25, 0.3) is 5.69 Å². The zero-order valence-electron chi connectivity index (χ0n) is 8.99. The molecule has 0 fully saturated rings. The molecule has 17 heavy (non-hydrogen) atoms. The molecule has 3 nitrogen and oxygen atoms in total. The minimum atomic E-state index is -4.39. The van der Waals surface area contributed by atoms with Gasteiger partial charge in [0.1, 0.15) is 0 Å². The number of hydrogen-bond acceptors (Lipinski definition) is 2. The van der Waals surface area contributed by atoms with Gasteiger partial charge in [-0.3, -0.25) is 0 Å². The Kier molecular flexibility index (Phi) is 2.57. The van der Waals surface area contributed by atoms with Crippen LogP contribution in [0, 0.1) is 6.92 Å². The molecule has 0 amide bonds. The van der Waals surface area contributed by atoms with E-state index in [1.807, 2.05) is 0 Å². The molecule has 0 saturated heterocycles. The monoisotopic (exact) mass is 241 g/mol. The van der Waals surface area contributed by atoms with Crippen molar-refractivity contribution >= 4 is 5.69 Å². The van der Waals surface area contributed by atoms with Gasteiger partial charge in [-0.25, -0.2) is 4.68 Å². The van der Waals surface area contributed by atoms with Crippen LogP contribution >= 0.6 is 0 Å². The number of para-hydroxylation sites is 1. The number of alkyl halides is 3. The zero-order valence-corrected chi connectivity index (χ0v) is 8.99. The van der Waals surface area contributed by atoms with Crippen LogP contribution in [0.4, 0.5) is 18.9 Å². The lowest BCUT2D eigenvalue weighted by atomic mass is 10.2. The summed E-state index contributed by atoms with van der Waals surface area (Å²) in [4.78, 5) is 0. The van der Waals surface area contributed by atoms with Gasteiger partial charge in [-0.15, -0.1) is 0 Å². The Morgan fingerprint density at radius 2 is 2.00 bits per heavy atom. The molecule has 6 heteroatoms. The average Bonchev–Trinajstić information content (AvgIpc) is 2.70. The van der Waals surface area contributed by atoms with Crippen molar-refractivity contribution in [2.45, 2.75) is 13.1 Å². The molecule has 90 valence electrons. The van der Waals surface area contributed by atoms with E-state index in [0.717, 1.165) is 22.6 Å². The maximum Gasteiger partial charge on any atom is 0.419 e. The number of rotatable bonds is 1. The summed E-state index contributed by atoms with van der Waals surface area (Å²) in [5.74, 6) is 0. The van der Waals surface area contributed by atoms with E-state index in [0.29, 0.717) is 11.4 Å². The zero-order chi connectivity index (χ0) is 12.6. The fourth-order valence-corrected chi connectivity index (χ4v) is 1.47. The van der Waals surface area contributed by atoms with Crippen molar-refractivity contribution in [1.82, 2.24) is 9.78 Å². The molecule has 0 aliphatic heterocycles. The SMILES string of the molecule is Cc1cccc(-n2cc(C(F)(F)F)cn2)c1N. The van der Waals surface area contributed by atoms with E-state index in [1.54, 1.807) is 25.1 Å². The van der Waals surface area contributed by atoms with Crippen molar-refractivity contribution in [3.63, 3.8) is 0 Å². The highest BCUT2D eigenvalue weighted by Gasteiger charge is 2.32. The number of aryl methyl sites for hydroxylation is 1. The van der Waals surface area contributed by atoms with E-state index in [9.17, 15) is 13.2 Å². The standard InChI is InChI=1S/C11H10F3N3/c1-7-3-2-4-9(10(7)15)17-6-8(5-16-17)11(12,13)14/h2-6H,15H2,1H3. The summed E-state index contributed by atoms with van der Waals surface area (Å²) in [7, 11) is 0. The first-order valence-electron chi connectivity index (χ1n) is 4.87. The number of anilines is 1. The van der Waals surface area contributed by atoms with E-state index < -0.39 is 11.7 Å². The van der Waals surface area contributed by atoms with Crippen LogP contribution < -0.4 is 5.73 Å². The van der Waals surface area contributed by atoms with E-state index in [-0.39, 0.29) is 0 Å². The van der Waals surface area contributed by atoms with Gasteiger partial charge in [0, 0.05) is 6.20 Å².